The summed E-state index contributed by atoms with van der Waals surface area (Å²) in [6.07, 6.45) is 3.60. The number of Topliss-reactive ketones (excluding diaryl/α,β-unsaturated/α-hetero) is 1. The van der Waals surface area contributed by atoms with Crippen molar-refractivity contribution in [1.82, 2.24) is 9.78 Å². The summed E-state index contributed by atoms with van der Waals surface area (Å²) in [5, 5.41) is 4.51. The van der Waals surface area contributed by atoms with Crippen molar-refractivity contribution in [2.24, 2.45) is 5.73 Å². The van der Waals surface area contributed by atoms with Crippen molar-refractivity contribution >= 4 is 21.7 Å². The molecule has 0 fully saturated rings. The summed E-state index contributed by atoms with van der Waals surface area (Å²) in [5.74, 6) is 0.0425. The van der Waals surface area contributed by atoms with Gasteiger partial charge in [-0.25, -0.2) is 0 Å². The molecule has 0 saturated carbocycles. The smallest absolute Gasteiger partial charge is 0.191 e. The van der Waals surface area contributed by atoms with E-state index in [1.807, 2.05) is 6.92 Å². The molecule has 1 unspecified atom stereocenters. The molecule has 2 N–H and O–H groups in total. The number of nitrogens with zero attached hydrogens (tertiary/aromatic N) is 2. The van der Waals surface area contributed by atoms with E-state index < -0.39 is 0 Å². The number of halogens is 1. The van der Waals surface area contributed by atoms with Crippen LogP contribution in [0.2, 0.25) is 0 Å². The Kier molecular flexibility index (Phi) is 5.15. The van der Waals surface area contributed by atoms with Gasteiger partial charge in [-0.2, -0.15) is 5.10 Å². The van der Waals surface area contributed by atoms with Crippen LogP contribution in [0, 0.1) is 0 Å². The Labute approximate surface area is 104 Å². The zero-order valence-electron chi connectivity index (χ0n) is 9.74. The van der Waals surface area contributed by atoms with Gasteiger partial charge in [0.05, 0.1) is 11.5 Å². The number of aromatic nitrogens is 2. The van der Waals surface area contributed by atoms with Gasteiger partial charge in [0.25, 0.3) is 0 Å². The van der Waals surface area contributed by atoms with E-state index in [0.29, 0.717) is 17.6 Å². The highest BCUT2D eigenvalue weighted by atomic mass is 79.9. The van der Waals surface area contributed by atoms with Crippen LogP contribution < -0.4 is 5.73 Å². The molecular weight excluding hydrogens is 270 g/mol. The zero-order valence-corrected chi connectivity index (χ0v) is 11.3. The number of carbonyl (C=O) groups is 1. The summed E-state index contributed by atoms with van der Waals surface area (Å²) in [4.78, 5) is 11.8. The maximum atomic E-state index is 11.8. The van der Waals surface area contributed by atoms with Crippen molar-refractivity contribution in [3.63, 3.8) is 0 Å². The van der Waals surface area contributed by atoms with Gasteiger partial charge < -0.3 is 5.73 Å². The van der Waals surface area contributed by atoms with Crippen molar-refractivity contribution in [3.8, 4) is 0 Å². The Morgan fingerprint density at radius 3 is 2.81 bits per heavy atom. The summed E-state index contributed by atoms with van der Waals surface area (Å²) in [6, 6.07) is -0.0942. The second-order valence-electron chi connectivity index (χ2n) is 3.72. The fraction of sp³-hybridized carbons (Fsp3) is 0.636. The predicted octanol–water partition coefficient (Wildman–Crippen LogP) is 2.28. The van der Waals surface area contributed by atoms with E-state index in [0.717, 1.165) is 18.4 Å². The summed E-state index contributed by atoms with van der Waals surface area (Å²) in [7, 11) is 0. The number of aryl methyl sites for hydroxylation is 1. The van der Waals surface area contributed by atoms with Crippen LogP contribution in [0.1, 0.15) is 48.8 Å². The molecule has 1 aromatic heterocycles. The molecule has 1 rings (SSSR count). The number of ketones is 1. The average Bonchev–Trinajstić information content (AvgIpc) is 2.71. The van der Waals surface area contributed by atoms with Crippen molar-refractivity contribution in [2.45, 2.75) is 39.3 Å². The molecule has 1 heterocycles. The lowest BCUT2D eigenvalue weighted by atomic mass is 10.0. The second kappa shape index (κ2) is 6.15. The minimum absolute atomic E-state index is 0.0425. The van der Waals surface area contributed by atoms with Gasteiger partial charge in [-0.05, 0) is 13.3 Å². The predicted molar refractivity (Wildman–Crippen MR) is 67.9 cm³/mol. The summed E-state index contributed by atoms with van der Waals surface area (Å²) in [6.45, 7) is 4.73. The normalized spacial score (nSPS) is 12.8. The first-order valence-corrected chi connectivity index (χ1v) is 6.68. The molecule has 0 aliphatic carbocycles. The number of alkyl halides is 1. The molecule has 0 spiro atoms. The minimum atomic E-state index is -0.0942. The standard InChI is InChI=1S/C11H18BrN3O/c1-3-5-9(13)8-7-14-15(4-2)11(8)10(16)6-12/h7,9H,3-6,13H2,1-2H3. The van der Waals surface area contributed by atoms with Crippen LogP contribution in [0.25, 0.3) is 0 Å². The summed E-state index contributed by atoms with van der Waals surface area (Å²) >= 11 is 3.19. The fourth-order valence-corrected chi connectivity index (χ4v) is 2.01. The average molecular weight is 288 g/mol. The topological polar surface area (TPSA) is 60.9 Å². The molecule has 4 nitrogen and oxygen atoms in total. The minimum Gasteiger partial charge on any atom is -0.324 e. The fourth-order valence-electron chi connectivity index (χ4n) is 1.75. The Balaban J connectivity index is 3.09. The van der Waals surface area contributed by atoms with E-state index in [9.17, 15) is 4.79 Å². The van der Waals surface area contributed by atoms with Crippen LogP contribution >= 0.6 is 15.9 Å². The lowest BCUT2D eigenvalue weighted by molar-refractivity contribution is 0.101. The van der Waals surface area contributed by atoms with Crippen LogP contribution in [0.4, 0.5) is 0 Å². The lowest BCUT2D eigenvalue weighted by Gasteiger charge is -2.11. The first-order chi connectivity index (χ1) is 7.65. The van der Waals surface area contributed by atoms with Crippen molar-refractivity contribution in [3.05, 3.63) is 17.5 Å². The number of nitrogens with two attached hydrogens (primary N) is 1. The summed E-state index contributed by atoms with van der Waals surface area (Å²) < 4.78 is 1.72. The molecule has 0 radical (unpaired) electrons. The van der Waals surface area contributed by atoms with Crippen molar-refractivity contribution in [1.29, 1.82) is 0 Å². The van der Waals surface area contributed by atoms with Gasteiger partial charge in [-0.15, -0.1) is 0 Å². The molecule has 0 bridgehead atoms. The maximum Gasteiger partial charge on any atom is 0.191 e. The van der Waals surface area contributed by atoms with Crippen LogP contribution in [-0.4, -0.2) is 20.9 Å². The molecule has 16 heavy (non-hydrogen) atoms. The number of hydrogen-bond acceptors (Lipinski definition) is 3. The number of hydrogen-bond donors (Lipinski definition) is 1. The van der Waals surface area contributed by atoms with Gasteiger partial charge >= 0.3 is 0 Å². The molecule has 0 aliphatic heterocycles. The first kappa shape index (κ1) is 13.4. The monoisotopic (exact) mass is 287 g/mol. The highest BCUT2D eigenvalue weighted by Gasteiger charge is 2.20. The highest BCUT2D eigenvalue weighted by molar-refractivity contribution is 9.09. The van der Waals surface area contributed by atoms with E-state index >= 15 is 0 Å². The Morgan fingerprint density at radius 1 is 1.62 bits per heavy atom. The molecule has 1 aromatic rings. The van der Waals surface area contributed by atoms with Crippen LogP contribution in [0.15, 0.2) is 6.20 Å². The summed E-state index contributed by atoms with van der Waals surface area (Å²) in [5.41, 5.74) is 7.57. The maximum absolute atomic E-state index is 11.8. The van der Waals surface area contributed by atoms with E-state index in [1.54, 1.807) is 10.9 Å². The van der Waals surface area contributed by atoms with Gasteiger partial charge in [0.15, 0.2) is 5.78 Å². The molecule has 0 amide bonds. The highest BCUT2D eigenvalue weighted by Crippen LogP contribution is 2.21. The third-order valence-corrected chi connectivity index (χ3v) is 3.06. The molecule has 90 valence electrons. The molecule has 0 saturated heterocycles. The van der Waals surface area contributed by atoms with Crippen molar-refractivity contribution in [2.75, 3.05) is 5.33 Å². The van der Waals surface area contributed by atoms with E-state index in [2.05, 4.69) is 28.0 Å². The third-order valence-electron chi connectivity index (χ3n) is 2.55. The van der Waals surface area contributed by atoms with E-state index in [-0.39, 0.29) is 11.8 Å². The van der Waals surface area contributed by atoms with E-state index in [1.165, 1.54) is 0 Å². The number of rotatable bonds is 6. The Bertz CT molecular complexity index is 362. The Hall–Kier alpha value is -0.680. The van der Waals surface area contributed by atoms with Gasteiger partial charge in [0.2, 0.25) is 0 Å². The van der Waals surface area contributed by atoms with Crippen LogP contribution in [-0.2, 0) is 6.54 Å². The van der Waals surface area contributed by atoms with Crippen LogP contribution in [0.3, 0.4) is 0 Å². The van der Waals surface area contributed by atoms with Gasteiger partial charge in [0, 0.05) is 18.2 Å². The Morgan fingerprint density at radius 2 is 2.31 bits per heavy atom. The van der Waals surface area contributed by atoms with E-state index in [4.69, 9.17) is 5.73 Å². The number of carbonyl (C=O) groups excluding carboxylic acids is 1. The second-order valence-corrected chi connectivity index (χ2v) is 4.28. The molecule has 0 aliphatic rings. The third kappa shape index (κ3) is 2.71. The SMILES string of the molecule is CCCC(N)c1cnn(CC)c1C(=O)CBr. The zero-order chi connectivity index (χ0) is 12.1. The van der Waals surface area contributed by atoms with Crippen LogP contribution in [0.5, 0.6) is 0 Å². The largest absolute Gasteiger partial charge is 0.324 e. The molecule has 0 aromatic carbocycles. The molecule has 1 atom stereocenters. The van der Waals surface area contributed by atoms with Crippen molar-refractivity contribution < 1.29 is 4.79 Å². The molecule has 5 heteroatoms. The molecular formula is C11H18BrN3O. The van der Waals surface area contributed by atoms with Gasteiger partial charge in [0.1, 0.15) is 5.69 Å². The lowest BCUT2D eigenvalue weighted by Crippen LogP contribution is -2.17. The first-order valence-electron chi connectivity index (χ1n) is 5.56. The van der Waals surface area contributed by atoms with Gasteiger partial charge in [-0.3, -0.25) is 9.48 Å². The quantitative estimate of drug-likeness (QED) is 0.645. The van der Waals surface area contributed by atoms with Gasteiger partial charge in [-0.1, -0.05) is 29.3 Å².